The van der Waals surface area contributed by atoms with Crippen molar-refractivity contribution in [2.75, 3.05) is 51.0 Å². The van der Waals surface area contributed by atoms with Crippen molar-refractivity contribution < 1.29 is 43.7 Å². The lowest BCUT2D eigenvalue weighted by Gasteiger charge is -2.18. The van der Waals surface area contributed by atoms with E-state index >= 15 is 0 Å². The van der Waals surface area contributed by atoms with Crippen molar-refractivity contribution in [3.05, 3.63) is 109 Å². The standard InChI is InChI=1S/C26H32N6O5S.C20H27N5O4/c1-14-21(15(2)31-26(30-14)27-11-7-9-18-8-6-10-19(33)12-18)23(34)32-20(25(36)37-5)13-28-24(35)22-16(3)29-17(4)38-22;1-12-17(18(27)25-16(11-21)19(28)29-3)13(2)24-20(23-12)22-9-5-7-14-6-4-8-15(26)10-14/h6,8,10,12,20,33H,7,9,11,13H2,1-5H3,(H,28,35)(H,32,34)(H,27,30,31);4,6,8,10,16,26H,5,7,9,11,21H2,1-3H3,(H,25,27)(H,22,23,24)/t20-;16-/m00/s1. The Morgan fingerprint density at radius 3 is 1.45 bits per heavy atom. The van der Waals surface area contributed by atoms with E-state index in [1.54, 1.807) is 71.9 Å². The van der Waals surface area contributed by atoms with Crippen LogP contribution in [0.1, 0.15) is 87.8 Å². The minimum atomic E-state index is -1.11. The number of benzene rings is 2. The number of phenolic OH excluding ortho intramolecular Hbond substituents is 2. The molecule has 5 rings (SSSR count). The van der Waals surface area contributed by atoms with Crippen LogP contribution in [0.25, 0.3) is 0 Å². The van der Waals surface area contributed by atoms with Crippen molar-refractivity contribution in [3.8, 4) is 11.5 Å². The maximum absolute atomic E-state index is 13.1. The Bertz CT molecular complexity index is 2490. The lowest BCUT2D eigenvalue weighted by Crippen LogP contribution is -2.49. The van der Waals surface area contributed by atoms with Crippen molar-refractivity contribution in [2.24, 2.45) is 5.73 Å². The number of nitrogens with zero attached hydrogens (tertiary/aromatic N) is 5. The second-order valence-electron chi connectivity index (χ2n) is 15.3. The molecule has 0 spiro atoms. The summed E-state index contributed by atoms with van der Waals surface area (Å²) in [5.41, 5.74) is 10.6. The Hall–Kier alpha value is -7.26. The molecule has 20 nitrogen and oxygen atoms in total. The van der Waals surface area contributed by atoms with Crippen molar-refractivity contribution in [1.29, 1.82) is 0 Å². The number of methoxy groups -OCH3 is 2. The second-order valence-corrected chi connectivity index (χ2v) is 16.5. The fourth-order valence-electron chi connectivity index (χ4n) is 6.83. The first-order chi connectivity index (χ1) is 31.9. The van der Waals surface area contributed by atoms with E-state index in [9.17, 15) is 34.2 Å². The van der Waals surface area contributed by atoms with Gasteiger partial charge in [0.05, 0.1) is 58.8 Å². The fraction of sp³-hybridized carbons (Fsp3) is 0.391. The third kappa shape index (κ3) is 15.7. The van der Waals surface area contributed by atoms with Gasteiger partial charge in [0.2, 0.25) is 11.9 Å². The number of thiazole rings is 1. The molecule has 0 bridgehead atoms. The van der Waals surface area contributed by atoms with Crippen LogP contribution < -0.4 is 32.3 Å². The Balaban J connectivity index is 0.000000304. The molecular formula is C46H59N11O9S. The van der Waals surface area contributed by atoms with Crippen molar-refractivity contribution in [2.45, 2.75) is 79.3 Å². The Labute approximate surface area is 393 Å². The normalized spacial score (nSPS) is 11.5. The highest BCUT2D eigenvalue weighted by Crippen LogP contribution is 2.19. The summed E-state index contributed by atoms with van der Waals surface area (Å²) in [7, 11) is 2.44. The molecule has 0 aliphatic rings. The number of ether oxygens (including phenoxy) is 2. The third-order valence-corrected chi connectivity index (χ3v) is 11.1. The molecule has 0 radical (unpaired) electrons. The van der Waals surface area contributed by atoms with Gasteiger partial charge in [0.25, 0.3) is 17.7 Å². The van der Waals surface area contributed by atoms with Crippen LogP contribution >= 0.6 is 11.3 Å². The zero-order valence-corrected chi connectivity index (χ0v) is 39.7. The van der Waals surface area contributed by atoms with E-state index in [0.29, 0.717) is 63.9 Å². The number of hydrogen-bond acceptors (Lipinski definition) is 18. The highest BCUT2D eigenvalue weighted by Gasteiger charge is 2.27. The molecule has 9 N–H and O–H groups in total. The van der Waals surface area contributed by atoms with E-state index in [2.05, 4.69) is 56.2 Å². The number of carbonyl (C=O) groups is 5. The third-order valence-electron chi connectivity index (χ3n) is 10.1. The van der Waals surface area contributed by atoms with Crippen LogP contribution in [0.5, 0.6) is 11.5 Å². The first-order valence-corrected chi connectivity index (χ1v) is 22.2. The van der Waals surface area contributed by atoms with Crippen LogP contribution in [-0.2, 0) is 31.9 Å². The second kappa shape index (κ2) is 25.4. The summed E-state index contributed by atoms with van der Waals surface area (Å²) in [6.45, 7) is 11.3. The lowest BCUT2D eigenvalue weighted by atomic mass is 10.1. The number of aromatic hydroxyl groups is 2. The molecular weight excluding hydrogens is 883 g/mol. The van der Waals surface area contributed by atoms with E-state index < -0.39 is 35.8 Å². The summed E-state index contributed by atoms with van der Waals surface area (Å²) in [4.78, 5) is 84.3. The molecule has 0 saturated carbocycles. The summed E-state index contributed by atoms with van der Waals surface area (Å²) in [5, 5.41) is 34.0. The number of esters is 2. The van der Waals surface area contributed by atoms with E-state index in [0.717, 1.165) is 41.8 Å². The van der Waals surface area contributed by atoms with Crippen LogP contribution in [0.15, 0.2) is 48.5 Å². The van der Waals surface area contributed by atoms with Crippen molar-refractivity contribution in [1.82, 2.24) is 40.9 Å². The molecule has 0 unspecified atom stereocenters. The molecule has 5 aromatic rings. The highest BCUT2D eigenvalue weighted by atomic mass is 32.1. The Morgan fingerprint density at radius 1 is 0.627 bits per heavy atom. The van der Waals surface area contributed by atoms with Crippen LogP contribution in [0.2, 0.25) is 0 Å². The predicted octanol–water partition coefficient (Wildman–Crippen LogP) is 3.69. The molecule has 3 aromatic heterocycles. The maximum Gasteiger partial charge on any atom is 0.330 e. The van der Waals surface area contributed by atoms with Crippen LogP contribution in [0.3, 0.4) is 0 Å². The van der Waals surface area contributed by atoms with Gasteiger partial charge in [-0.25, -0.2) is 34.5 Å². The van der Waals surface area contributed by atoms with E-state index in [4.69, 9.17) is 10.5 Å². The largest absolute Gasteiger partial charge is 0.508 e. The molecule has 3 heterocycles. The SMILES string of the molecule is COC(=O)[C@H](CN)NC(=O)c1c(C)nc(NCCCc2cccc(O)c2)nc1C.COC(=O)[C@H](CNC(=O)c1sc(C)nc1C)NC(=O)c1c(C)nc(NCCCc2cccc(O)c2)nc1C. The minimum absolute atomic E-state index is 0.0732. The van der Waals surface area contributed by atoms with Gasteiger partial charge in [-0.2, -0.15) is 0 Å². The zero-order valence-electron chi connectivity index (χ0n) is 38.9. The zero-order chi connectivity index (χ0) is 49.2. The van der Waals surface area contributed by atoms with E-state index in [1.807, 2.05) is 18.2 Å². The molecule has 0 aliphatic heterocycles. The Morgan fingerprint density at radius 2 is 1.06 bits per heavy atom. The average Bonchev–Trinajstić information content (AvgIpc) is 3.63. The fourth-order valence-corrected chi connectivity index (χ4v) is 7.66. The summed E-state index contributed by atoms with van der Waals surface area (Å²) >= 11 is 1.25. The number of rotatable bonds is 20. The van der Waals surface area contributed by atoms with Crippen LogP contribution in [0, 0.1) is 41.5 Å². The van der Waals surface area contributed by atoms with Crippen LogP contribution in [-0.4, -0.2) is 117 Å². The number of nitrogens with two attached hydrogens (primary N) is 1. The highest BCUT2D eigenvalue weighted by molar-refractivity contribution is 7.13. The minimum Gasteiger partial charge on any atom is -0.508 e. The quantitative estimate of drug-likeness (QED) is 0.0408. The Kier molecular flexibility index (Phi) is 19.9. The molecule has 2 atom stereocenters. The monoisotopic (exact) mass is 941 g/mol. The molecule has 3 amide bonds. The van der Waals surface area contributed by atoms with Gasteiger partial charge in [0.1, 0.15) is 28.5 Å². The van der Waals surface area contributed by atoms with Gasteiger partial charge in [0.15, 0.2) is 0 Å². The summed E-state index contributed by atoms with van der Waals surface area (Å²) in [5.74, 6) is -1.41. The molecule has 0 aliphatic carbocycles. The van der Waals surface area contributed by atoms with Gasteiger partial charge in [-0.1, -0.05) is 24.3 Å². The number of aryl methyl sites for hydroxylation is 8. The summed E-state index contributed by atoms with van der Waals surface area (Å²) in [6, 6.07) is 12.2. The molecule has 0 saturated heterocycles. The number of anilines is 2. The van der Waals surface area contributed by atoms with E-state index in [-0.39, 0.29) is 36.1 Å². The number of nitrogens with one attached hydrogen (secondary N) is 5. The molecule has 21 heteroatoms. The molecule has 358 valence electrons. The molecule has 2 aromatic carbocycles. The van der Waals surface area contributed by atoms with Gasteiger partial charge in [0, 0.05) is 26.2 Å². The smallest absolute Gasteiger partial charge is 0.330 e. The van der Waals surface area contributed by atoms with Gasteiger partial charge in [-0.15, -0.1) is 11.3 Å². The first kappa shape index (κ1) is 52.4. The van der Waals surface area contributed by atoms with Crippen molar-refractivity contribution in [3.63, 3.8) is 0 Å². The average molecular weight is 942 g/mol. The number of hydrogen-bond donors (Lipinski definition) is 8. The summed E-state index contributed by atoms with van der Waals surface area (Å²) in [6.07, 6.45) is 3.19. The van der Waals surface area contributed by atoms with Gasteiger partial charge < -0.3 is 52.0 Å². The maximum atomic E-state index is 13.1. The topological polar surface area (TPSA) is 295 Å². The molecule has 67 heavy (non-hydrogen) atoms. The van der Waals surface area contributed by atoms with Gasteiger partial charge in [-0.3, -0.25) is 14.4 Å². The lowest BCUT2D eigenvalue weighted by molar-refractivity contribution is -0.143. The first-order valence-electron chi connectivity index (χ1n) is 21.4. The molecule has 0 fully saturated rings. The van der Waals surface area contributed by atoms with Gasteiger partial charge >= 0.3 is 11.9 Å². The van der Waals surface area contributed by atoms with Crippen LogP contribution in [0.4, 0.5) is 11.9 Å². The van der Waals surface area contributed by atoms with E-state index in [1.165, 1.54) is 25.6 Å². The number of carbonyl (C=O) groups excluding carboxylic acids is 5. The van der Waals surface area contributed by atoms with Gasteiger partial charge in [-0.05, 0) is 103 Å². The number of phenols is 2. The predicted molar refractivity (Wildman–Crippen MR) is 252 cm³/mol. The van der Waals surface area contributed by atoms with Crippen molar-refractivity contribution >= 4 is 52.9 Å². The number of aromatic nitrogens is 5. The summed E-state index contributed by atoms with van der Waals surface area (Å²) < 4.78 is 9.44. The number of amides is 3.